The molecule has 1 amide bonds. The minimum Gasteiger partial charge on any atom is -0.403 e. The molecule has 24 heavy (non-hydrogen) atoms. The van der Waals surface area contributed by atoms with E-state index in [0.29, 0.717) is 5.56 Å². The Morgan fingerprint density at radius 1 is 1.00 bits per heavy atom. The Kier molecular flexibility index (Phi) is 4.85. The van der Waals surface area contributed by atoms with Crippen LogP contribution in [0.15, 0.2) is 57.8 Å². The van der Waals surface area contributed by atoms with Crippen LogP contribution < -0.4 is 5.32 Å². The van der Waals surface area contributed by atoms with Crippen molar-refractivity contribution in [3.63, 3.8) is 0 Å². The molecule has 3 aromatic rings. The molecule has 0 aliphatic rings. The van der Waals surface area contributed by atoms with Crippen molar-refractivity contribution in [2.75, 3.05) is 11.1 Å². The zero-order valence-corrected chi connectivity index (χ0v) is 13.0. The molecule has 0 saturated carbocycles. The van der Waals surface area contributed by atoms with Crippen LogP contribution in [0.4, 0.5) is 14.8 Å². The highest BCUT2D eigenvalue weighted by molar-refractivity contribution is 8.00. The number of thioether (sulfide) groups is 1. The number of rotatable bonds is 5. The molecular weight excluding hydrogens is 336 g/mol. The summed E-state index contributed by atoms with van der Waals surface area (Å²) in [4.78, 5) is 12.6. The molecule has 0 bridgehead atoms. The number of nitrogens with zero attached hydrogens (tertiary/aromatic N) is 2. The summed E-state index contributed by atoms with van der Waals surface area (Å²) in [7, 11) is 0. The first kappa shape index (κ1) is 16.1. The molecule has 0 spiro atoms. The Morgan fingerprint density at radius 3 is 2.29 bits per heavy atom. The summed E-state index contributed by atoms with van der Waals surface area (Å²) in [5.41, 5.74) is 0.546. The minimum absolute atomic E-state index is 0.0426. The van der Waals surface area contributed by atoms with Crippen LogP contribution in [0.2, 0.25) is 0 Å². The lowest BCUT2D eigenvalue weighted by Crippen LogP contribution is -2.14. The van der Waals surface area contributed by atoms with Crippen LogP contribution in [0.25, 0.3) is 11.5 Å². The first-order chi connectivity index (χ1) is 11.6. The summed E-state index contributed by atoms with van der Waals surface area (Å²) in [5, 5.41) is 9.99. The van der Waals surface area contributed by atoms with Crippen molar-refractivity contribution in [2.45, 2.75) is 4.90 Å². The highest BCUT2D eigenvalue weighted by Gasteiger charge is 2.11. The smallest absolute Gasteiger partial charge is 0.322 e. The van der Waals surface area contributed by atoms with Crippen molar-refractivity contribution in [3.05, 3.63) is 60.2 Å². The van der Waals surface area contributed by atoms with Crippen molar-refractivity contribution in [3.8, 4) is 11.5 Å². The topological polar surface area (TPSA) is 68.0 Å². The van der Waals surface area contributed by atoms with Crippen molar-refractivity contribution in [1.82, 2.24) is 10.2 Å². The van der Waals surface area contributed by atoms with E-state index >= 15 is 0 Å². The zero-order valence-electron chi connectivity index (χ0n) is 12.2. The van der Waals surface area contributed by atoms with Gasteiger partial charge < -0.3 is 4.42 Å². The third-order valence-corrected chi connectivity index (χ3v) is 3.96. The average Bonchev–Trinajstić information content (AvgIpc) is 3.03. The number of benzene rings is 2. The summed E-state index contributed by atoms with van der Waals surface area (Å²) in [6.07, 6.45) is 0. The maximum atomic E-state index is 12.9. The van der Waals surface area contributed by atoms with Crippen molar-refractivity contribution >= 4 is 23.7 Å². The van der Waals surface area contributed by atoms with E-state index in [1.54, 1.807) is 12.1 Å². The summed E-state index contributed by atoms with van der Waals surface area (Å²) in [6, 6.07) is 11.3. The molecule has 5 nitrogen and oxygen atoms in total. The highest BCUT2D eigenvalue weighted by Crippen LogP contribution is 2.21. The molecule has 8 heteroatoms. The molecule has 2 aromatic carbocycles. The first-order valence-corrected chi connectivity index (χ1v) is 7.86. The quantitative estimate of drug-likeness (QED) is 0.712. The van der Waals surface area contributed by atoms with Gasteiger partial charge in [-0.25, -0.2) is 8.78 Å². The maximum absolute atomic E-state index is 12.9. The second-order valence-electron chi connectivity index (χ2n) is 4.71. The fraction of sp³-hybridized carbons (Fsp3) is 0.0625. The summed E-state index contributed by atoms with van der Waals surface area (Å²) < 4.78 is 31.0. The molecular formula is C16H11F2N3O2S. The third-order valence-electron chi connectivity index (χ3n) is 2.95. The van der Waals surface area contributed by atoms with Gasteiger partial charge in [-0.05, 0) is 48.5 Å². The number of hydrogen-bond acceptors (Lipinski definition) is 5. The van der Waals surface area contributed by atoms with Crippen LogP contribution in [-0.2, 0) is 4.79 Å². The molecule has 0 atom stereocenters. The predicted molar refractivity (Wildman–Crippen MR) is 85.4 cm³/mol. The Morgan fingerprint density at radius 2 is 1.62 bits per heavy atom. The van der Waals surface area contributed by atoms with Gasteiger partial charge in [0.2, 0.25) is 11.8 Å². The average molecular weight is 347 g/mol. The molecule has 3 rings (SSSR count). The number of nitrogens with one attached hydrogen (secondary N) is 1. The van der Waals surface area contributed by atoms with Crippen LogP contribution in [0.1, 0.15) is 0 Å². The van der Waals surface area contributed by atoms with Gasteiger partial charge in [-0.1, -0.05) is 5.10 Å². The fourth-order valence-electron chi connectivity index (χ4n) is 1.82. The Hall–Kier alpha value is -2.74. The number of carbonyl (C=O) groups excluding carboxylic acids is 1. The Bertz CT molecular complexity index is 835. The van der Waals surface area contributed by atoms with Crippen molar-refractivity contribution in [2.24, 2.45) is 0 Å². The standard InChI is InChI=1S/C16H11F2N3O2S/c17-11-3-1-10(2-4-11)15-20-21-16(23-15)19-14(22)9-24-13-7-5-12(18)6-8-13/h1-8H,9H2,(H,19,21,22). The van der Waals surface area contributed by atoms with E-state index in [1.807, 2.05) is 0 Å². The van der Waals surface area contributed by atoms with Crippen LogP contribution in [0.3, 0.4) is 0 Å². The number of anilines is 1. The fourth-order valence-corrected chi connectivity index (χ4v) is 2.52. The second-order valence-corrected chi connectivity index (χ2v) is 5.76. The lowest BCUT2D eigenvalue weighted by Gasteiger charge is -2.01. The molecule has 0 aliphatic carbocycles. The molecule has 1 N–H and O–H groups in total. The van der Waals surface area contributed by atoms with Gasteiger partial charge in [0.15, 0.2) is 0 Å². The van der Waals surface area contributed by atoms with Crippen LogP contribution >= 0.6 is 11.8 Å². The maximum Gasteiger partial charge on any atom is 0.322 e. The normalized spacial score (nSPS) is 10.6. The van der Waals surface area contributed by atoms with E-state index in [4.69, 9.17) is 4.42 Å². The molecule has 1 aromatic heterocycles. The van der Waals surface area contributed by atoms with E-state index in [2.05, 4.69) is 15.5 Å². The van der Waals surface area contributed by atoms with Crippen LogP contribution in [-0.4, -0.2) is 21.9 Å². The number of carbonyl (C=O) groups is 1. The molecule has 0 aliphatic heterocycles. The zero-order chi connectivity index (χ0) is 16.9. The number of hydrogen-bond donors (Lipinski definition) is 1. The van der Waals surface area contributed by atoms with Crippen molar-refractivity contribution < 1.29 is 18.0 Å². The van der Waals surface area contributed by atoms with E-state index in [9.17, 15) is 13.6 Å². The summed E-state index contributed by atoms with van der Waals surface area (Å²) in [6.45, 7) is 0. The van der Waals surface area contributed by atoms with E-state index in [-0.39, 0.29) is 35.2 Å². The summed E-state index contributed by atoms with van der Waals surface area (Å²) >= 11 is 1.25. The molecule has 0 fully saturated rings. The van der Waals surface area contributed by atoms with Gasteiger partial charge in [0.25, 0.3) is 0 Å². The SMILES string of the molecule is O=C(CSc1ccc(F)cc1)Nc1nnc(-c2ccc(F)cc2)o1. The Balaban J connectivity index is 1.57. The summed E-state index contributed by atoms with van der Waals surface area (Å²) in [5.74, 6) is -0.748. The molecule has 1 heterocycles. The van der Waals surface area contributed by atoms with Crippen LogP contribution in [0, 0.1) is 11.6 Å². The van der Waals surface area contributed by atoms with E-state index < -0.39 is 0 Å². The number of aromatic nitrogens is 2. The van der Waals surface area contributed by atoms with Gasteiger partial charge in [-0.2, -0.15) is 0 Å². The lowest BCUT2D eigenvalue weighted by atomic mass is 10.2. The van der Waals surface area contributed by atoms with Gasteiger partial charge in [-0.15, -0.1) is 16.9 Å². The molecule has 122 valence electrons. The van der Waals surface area contributed by atoms with E-state index in [0.717, 1.165) is 4.90 Å². The highest BCUT2D eigenvalue weighted by atomic mass is 32.2. The van der Waals surface area contributed by atoms with Gasteiger partial charge in [0.1, 0.15) is 11.6 Å². The predicted octanol–water partition coefficient (Wildman–Crippen LogP) is 3.75. The lowest BCUT2D eigenvalue weighted by molar-refractivity contribution is -0.113. The minimum atomic E-state index is -0.371. The van der Waals surface area contributed by atoms with Gasteiger partial charge >= 0.3 is 6.01 Å². The number of halogens is 2. The van der Waals surface area contributed by atoms with Crippen LogP contribution in [0.5, 0.6) is 0 Å². The van der Waals surface area contributed by atoms with Crippen molar-refractivity contribution in [1.29, 1.82) is 0 Å². The molecule has 0 radical (unpaired) electrons. The monoisotopic (exact) mass is 347 g/mol. The first-order valence-electron chi connectivity index (χ1n) is 6.88. The Labute approximate surface area is 140 Å². The van der Waals surface area contributed by atoms with Gasteiger partial charge in [-0.3, -0.25) is 10.1 Å². The molecule has 0 unspecified atom stereocenters. The number of amides is 1. The largest absolute Gasteiger partial charge is 0.403 e. The van der Waals surface area contributed by atoms with E-state index in [1.165, 1.54) is 48.2 Å². The molecule has 0 saturated heterocycles. The van der Waals surface area contributed by atoms with Gasteiger partial charge in [0.05, 0.1) is 5.75 Å². The second kappa shape index (κ2) is 7.22. The third kappa shape index (κ3) is 4.17. The van der Waals surface area contributed by atoms with Gasteiger partial charge in [0, 0.05) is 10.5 Å².